The number of carboxylic acids is 1. The third-order valence-electron chi connectivity index (χ3n) is 5.89. The summed E-state index contributed by atoms with van der Waals surface area (Å²) in [5.41, 5.74) is 1.41. The minimum Gasteiger partial charge on any atom is -0.481 e. The zero-order chi connectivity index (χ0) is 22.6. The Morgan fingerprint density at radius 3 is 2.55 bits per heavy atom. The van der Waals surface area contributed by atoms with Crippen molar-refractivity contribution in [3.8, 4) is 5.75 Å². The number of fused-ring (bicyclic) bond motifs is 1. The van der Waals surface area contributed by atoms with Crippen LogP contribution in [0.5, 0.6) is 5.75 Å². The lowest BCUT2D eigenvalue weighted by Gasteiger charge is -2.41. The fourth-order valence-electron chi connectivity index (χ4n) is 4.15. The lowest BCUT2D eigenvalue weighted by molar-refractivity contribution is -0.139. The van der Waals surface area contributed by atoms with E-state index in [4.69, 9.17) is 9.84 Å². The van der Waals surface area contributed by atoms with Gasteiger partial charge in [0.15, 0.2) is 6.61 Å². The van der Waals surface area contributed by atoms with Crippen molar-refractivity contribution in [1.29, 1.82) is 0 Å². The lowest BCUT2D eigenvalue weighted by Crippen LogP contribution is -2.37. The van der Waals surface area contributed by atoms with E-state index in [1.807, 2.05) is 30.3 Å². The molecule has 0 aromatic heterocycles. The molecule has 0 amide bonds. The summed E-state index contributed by atoms with van der Waals surface area (Å²) in [4.78, 5) is 13.5. The summed E-state index contributed by atoms with van der Waals surface area (Å²) in [5, 5.41) is 8.98. The monoisotopic (exact) mass is 511 g/mol. The van der Waals surface area contributed by atoms with Gasteiger partial charge >= 0.3 is 5.97 Å². The molecule has 6 nitrogen and oxygen atoms in total. The quantitative estimate of drug-likeness (QED) is 0.362. The highest BCUT2D eigenvalue weighted by molar-refractivity contribution is 9.10. The maximum absolute atomic E-state index is 11.4. The van der Waals surface area contributed by atoms with Crippen LogP contribution in [-0.2, 0) is 4.79 Å². The number of unbranched alkanes of at least 4 members (excludes halogenated alkanes) is 1. The van der Waals surface area contributed by atoms with Crippen LogP contribution < -0.4 is 9.64 Å². The first-order valence-corrected chi connectivity index (χ1v) is 13.0. The molecule has 1 aliphatic rings. The summed E-state index contributed by atoms with van der Waals surface area (Å²) in [6, 6.07) is 13.3. The van der Waals surface area contributed by atoms with E-state index in [9.17, 15) is 13.9 Å². The number of anilines is 2. The van der Waals surface area contributed by atoms with Crippen LogP contribution in [0.3, 0.4) is 0 Å². The molecular formula is C23H30BrNO5S. The highest BCUT2D eigenvalue weighted by Crippen LogP contribution is 2.61. The summed E-state index contributed by atoms with van der Waals surface area (Å²) < 4.78 is 28.7. The van der Waals surface area contributed by atoms with Gasteiger partial charge in [0, 0.05) is 29.5 Å². The largest absolute Gasteiger partial charge is 0.481 e. The van der Waals surface area contributed by atoms with Crippen molar-refractivity contribution in [2.75, 3.05) is 23.8 Å². The van der Waals surface area contributed by atoms with Gasteiger partial charge in [0.25, 0.3) is 0 Å². The van der Waals surface area contributed by atoms with Crippen LogP contribution >= 0.6 is 26.5 Å². The predicted octanol–water partition coefficient (Wildman–Crippen LogP) is 6.76. The van der Waals surface area contributed by atoms with Gasteiger partial charge in [-0.25, -0.2) is 4.79 Å². The van der Waals surface area contributed by atoms with Gasteiger partial charge in [-0.05, 0) is 47.0 Å². The molecule has 1 aliphatic heterocycles. The van der Waals surface area contributed by atoms with Gasteiger partial charge in [-0.1, -0.05) is 44.9 Å². The summed E-state index contributed by atoms with van der Waals surface area (Å²) >= 11 is 3.48. The van der Waals surface area contributed by atoms with Gasteiger partial charge in [0.1, 0.15) is 5.75 Å². The second-order valence-corrected chi connectivity index (χ2v) is 11.0. The van der Waals surface area contributed by atoms with E-state index in [2.05, 4.69) is 34.7 Å². The van der Waals surface area contributed by atoms with Crippen molar-refractivity contribution >= 4 is 43.9 Å². The Morgan fingerprint density at radius 2 is 1.94 bits per heavy atom. The van der Waals surface area contributed by atoms with Gasteiger partial charge in [-0.2, -0.15) is 10.6 Å². The number of hydrogen-bond donors (Lipinski definition) is 3. The van der Waals surface area contributed by atoms with Crippen molar-refractivity contribution in [3.63, 3.8) is 0 Å². The standard InChI is InChI=1S/C23H30BrNO5S/c1-3-5-11-23(4-2)15-25(17-9-7-6-8-10-17)19-12-18(24)20(30-14-22(26)27)13-21(19)31(28,29)16-23/h6-10,12-13,28-29H,3-5,11,14-16H2,1-2H3,(H,26,27). The molecule has 0 saturated heterocycles. The normalized spacial score (nSPS) is 21.1. The number of ether oxygens (including phenoxy) is 1. The van der Waals surface area contributed by atoms with Gasteiger partial charge in [0.05, 0.1) is 15.1 Å². The maximum Gasteiger partial charge on any atom is 0.341 e. The predicted molar refractivity (Wildman–Crippen MR) is 129 cm³/mol. The number of hydrogen-bond acceptors (Lipinski definition) is 5. The molecule has 170 valence electrons. The number of benzene rings is 2. The molecule has 8 heteroatoms. The Balaban J connectivity index is 2.17. The number of aliphatic carboxylic acids is 1. The van der Waals surface area contributed by atoms with Crippen LogP contribution in [0.4, 0.5) is 11.4 Å². The zero-order valence-corrected chi connectivity index (χ0v) is 20.3. The minimum atomic E-state index is -3.14. The van der Waals surface area contributed by atoms with Crippen LogP contribution in [0, 0.1) is 5.41 Å². The molecule has 1 unspecified atom stereocenters. The topological polar surface area (TPSA) is 90.2 Å². The number of carboxylic acid groups (broad SMARTS) is 1. The van der Waals surface area contributed by atoms with Crippen LogP contribution in [0.1, 0.15) is 39.5 Å². The van der Waals surface area contributed by atoms with Crippen molar-refractivity contribution in [2.45, 2.75) is 44.4 Å². The van der Waals surface area contributed by atoms with E-state index in [1.165, 1.54) is 0 Å². The summed E-state index contributed by atoms with van der Waals surface area (Å²) in [5.74, 6) is -0.539. The zero-order valence-electron chi connectivity index (χ0n) is 17.9. The Kier molecular flexibility index (Phi) is 7.57. The molecule has 0 bridgehead atoms. The summed E-state index contributed by atoms with van der Waals surface area (Å²) in [7, 11) is -3.14. The second-order valence-electron chi connectivity index (χ2n) is 8.12. The number of nitrogens with zero attached hydrogens (tertiary/aromatic N) is 1. The van der Waals surface area contributed by atoms with Gasteiger partial charge in [0.2, 0.25) is 0 Å². The third-order valence-corrected chi connectivity index (χ3v) is 8.55. The van der Waals surface area contributed by atoms with Crippen LogP contribution in [0.25, 0.3) is 0 Å². The fourth-order valence-corrected chi connectivity index (χ4v) is 6.84. The molecule has 3 rings (SSSR count). The first-order chi connectivity index (χ1) is 14.7. The van der Waals surface area contributed by atoms with E-state index < -0.39 is 23.2 Å². The van der Waals surface area contributed by atoms with Crippen molar-refractivity contribution in [1.82, 2.24) is 0 Å². The molecule has 0 spiro atoms. The van der Waals surface area contributed by atoms with Crippen LogP contribution in [-0.4, -0.2) is 39.1 Å². The van der Waals surface area contributed by atoms with E-state index in [-0.39, 0.29) is 16.9 Å². The summed E-state index contributed by atoms with van der Waals surface area (Å²) in [6.07, 6.45) is 3.78. The molecule has 0 radical (unpaired) electrons. The SMILES string of the molecule is CCCCC1(CC)CN(c2ccccc2)c2cc(Br)c(OCC(=O)O)cc2S(O)(O)C1. The molecular weight excluding hydrogens is 482 g/mol. The molecule has 1 heterocycles. The Bertz CT molecular complexity index is 924. The van der Waals surface area contributed by atoms with Crippen molar-refractivity contribution in [2.24, 2.45) is 5.41 Å². The molecule has 1 atom stereocenters. The maximum atomic E-state index is 11.4. The first-order valence-electron chi connectivity index (χ1n) is 10.5. The highest BCUT2D eigenvalue weighted by atomic mass is 79.9. The van der Waals surface area contributed by atoms with Gasteiger partial charge in [-0.3, -0.25) is 9.11 Å². The average molecular weight is 512 g/mol. The number of para-hydroxylation sites is 1. The molecule has 3 N–H and O–H groups in total. The Hall–Kier alpha value is -1.74. The number of carbonyl (C=O) groups is 1. The number of halogens is 1. The molecule has 0 aliphatic carbocycles. The Morgan fingerprint density at radius 1 is 1.23 bits per heavy atom. The average Bonchev–Trinajstić information content (AvgIpc) is 2.83. The van der Waals surface area contributed by atoms with E-state index >= 15 is 0 Å². The van der Waals surface area contributed by atoms with Crippen molar-refractivity contribution < 1.29 is 23.7 Å². The first kappa shape index (κ1) is 23.9. The Labute approximate surface area is 193 Å². The smallest absolute Gasteiger partial charge is 0.341 e. The second kappa shape index (κ2) is 9.81. The van der Waals surface area contributed by atoms with Crippen LogP contribution in [0.15, 0.2) is 51.8 Å². The number of rotatable bonds is 8. The molecule has 0 fully saturated rings. The third kappa shape index (κ3) is 5.37. The van der Waals surface area contributed by atoms with E-state index in [1.54, 1.807) is 12.1 Å². The molecule has 31 heavy (non-hydrogen) atoms. The fraction of sp³-hybridized carbons (Fsp3) is 0.435. The lowest BCUT2D eigenvalue weighted by atomic mass is 9.81. The van der Waals surface area contributed by atoms with Crippen molar-refractivity contribution in [3.05, 3.63) is 46.9 Å². The highest BCUT2D eigenvalue weighted by Gasteiger charge is 2.42. The molecule has 2 aromatic carbocycles. The van der Waals surface area contributed by atoms with Gasteiger partial charge < -0.3 is 14.7 Å². The minimum absolute atomic E-state index is 0.266. The summed E-state index contributed by atoms with van der Waals surface area (Å²) in [6.45, 7) is 4.42. The van der Waals surface area contributed by atoms with Gasteiger partial charge in [-0.15, -0.1) is 0 Å². The molecule has 0 saturated carbocycles. The molecule has 2 aromatic rings. The van der Waals surface area contributed by atoms with E-state index in [0.717, 1.165) is 31.4 Å². The van der Waals surface area contributed by atoms with Crippen LogP contribution in [0.2, 0.25) is 0 Å². The van der Waals surface area contributed by atoms with E-state index in [0.29, 0.717) is 21.6 Å².